The predicted octanol–water partition coefficient (Wildman–Crippen LogP) is 2.39. The molecule has 7 nitrogen and oxygen atoms in total. The fraction of sp³-hybridized carbons (Fsp3) is 0.550. The first-order valence-corrected chi connectivity index (χ1v) is 10.2. The average molecular weight is 423 g/mol. The molecular formula is C20H27FN4O3S. The zero-order valence-corrected chi connectivity index (χ0v) is 17.8. The van der Waals surface area contributed by atoms with Crippen LogP contribution in [0.4, 0.5) is 20.6 Å². The van der Waals surface area contributed by atoms with Crippen molar-refractivity contribution in [3.05, 3.63) is 24.0 Å². The van der Waals surface area contributed by atoms with Crippen LogP contribution in [0.2, 0.25) is 0 Å². The van der Waals surface area contributed by atoms with Crippen LogP contribution in [-0.4, -0.2) is 67.3 Å². The summed E-state index contributed by atoms with van der Waals surface area (Å²) in [6.07, 6.45) is -0.837. The van der Waals surface area contributed by atoms with Gasteiger partial charge in [-0.15, -0.1) is 0 Å². The Balaban J connectivity index is 1.62. The van der Waals surface area contributed by atoms with Crippen molar-refractivity contribution in [3.63, 3.8) is 0 Å². The summed E-state index contributed by atoms with van der Waals surface area (Å²) in [4.78, 5) is 29.5. The summed E-state index contributed by atoms with van der Waals surface area (Å²) in [6, 6.07) is 4.77. The molecule has 2 fully saturated rings. The van der Waals surface area contributed by atoms with Gasteiger partial charge in [-0.25, -0.2) is 9.18 Å². The molecule has 2 aliphatic heterocycles. The highest BCUT2D eigenvalue weighted by Crippen LogP contribution is 2.28. The first-order chi connectivity index (χ1) is 13.8. The van der Waals surface area contributed by atoms with Crippen molar-refractivity contribution >= 4 is 40.6 Å². The lowest BCUT2D eigenvalue weighted by Crippen LogP contribution is -2.48. The molecule has 29 heavy (non-hydrogen) atoms. The molecule has 9 heteroatoms. The van der Waals surface area contributed by atoms with Crippen LogP contribution >= 0.6 is 12.2 Å². The lowest BCUT2D eigenvalue weighted by atomic mass is 10.2. The fourth-order valence-electron chi connectivity index (χ4n) is 3.44. The van der Waals surface area contributed by atoms with Gasteiger partial charge in [0, 0.05) is 39.0 Å². The average Bonchev–Trinajstić information content (AvgIpc) is 3.06. The maximum Gasteiger partial charge on any atom is 0.414 e. The van der Waals surface area contributed by atoms with Crippen molar-refractivity contribution in [2.45, 2.75) is 26.9 Å². The standard InChI is InChI=1S/C20H27FN4O3S/c1-13(2)19(29)22-11-16-12-25(20(27)28-16)15-4-5-18(17(21)10-15)24-8-6-23(7-9-24)14(3)26/h4-5,10,13,16H,6-9,11-12H2,1-3H3,(H,22,29). The first kappa shape index (κ1) is 21.3. The lowest BCUT2D eigenvalue weighted by molar-refractivity contribution is -0.129. The fourth-order valence-corrected chi connectivity index (χ4v) is 3.52. The van der Waals surface area contributed by atoms with E-state index in [-0.39, 0.29) is 17.9 Å². The Morgan fingerprint density at radius 3 is 2.59 bits per heavy atom. The molecule has 2 amide bonds. The number of amides is 2. The summed E-state index contributed by atoms with van der Waals surface area (Å²) in [5.41, 5.74) is 0.942. The summed E-state index contributed by atoms with van der Waals surface area (Å²) >= 11 is 5.24. The molecule has 0 aliphatic carbocycles. The number of rotatable bonds is 5. The zero-order valence-electron chi connectivity index (χ0n) is 17.0. The Labute approximate surface area is 175 Å². The maximum absolute atomic E-state index is 14.8. The third kappa shape index (κ3) is 4.95. The second kappa shape index (κ2) is 8.94. The van der Waals surface area contributed by atoms with Crippen LogP contribution in [0.3, 0.4) is 0 Å². The Kier molecular flexibility index (Phi) is 6.56. The predicted molar refractivity (Wildman–Crippen MR) is 114 cm³/mol. The zero-order chi connectivity index (χ0) is 21.1. The molecule has 3 rings (SSSR count). The molecule has 1 atom stereocenters. The van der Waals surface area contributed by atoms with Crippen LogP contribution in [-0.2, 0) is 9.53 Å². The molecule has 0 saturated carbocycles. The number of carbonyl (C=O) groups is 2. The van der Waals surface area contributed by atoms with E-state index in [9.17, 15) is 14.0 Å². The van der Waals surface area contributed by atoms with Crippen molar-refractivity contribution in [1.82, 2.24) is 10.2 Å². The Hall–Kier alpha value is -2.42. The smallest absolute Gasteiger partial charge is 0.414 e. The van der Waals surface area contributed by atoms with Crippen molar-refractivity contribution in [2.75, 3.05) is 49.1 Å². The van der Waals surface area contributed by atoms with Gasteiger partial charge in [0.2, 0.25) is 5.91 Å². The third-order valence-corrected chi connectivity index (χ3v) is 5.83. The van der Waals surface area contributed by atoms with Gasteiger partial charge >= 0.3 is 6.09 Å². The molecule has 0 bridgehead atoms. The molecule has 1 N–H and O–H groups in total. The molecule has 0 spiro atoms. The monoisotopic (exact) mass is 422 g/mol. The number of hydrogen-bond donors (Lipinski definition) is 1. The van der Waals surface area contributed by atoms with Crippen molar-refractivity contribution in [3.8, 4) is 0 Å². The third-order valence-electron chi connectivity index (χ3n) is 5.21. The van der Waals surface area contributed by atoms with E-state index in [0.717, 1.165) is 4.99 Å². The molecule has 158 valence electrons. The van der Waals surface area contributed by atoms with Crippen molar-refractivity contribution < 1.29 is 18.7 Å². The molecule has 2 heterocycles. The number of carbonyl (C=O) groups excluding carboxylic acids is 2. The minimum atomic E-state index is -0.491. The Morgan fingerprint density at radius 2 is 2.00 bits per heavy atom. The Bertz CT molecular complexity index is 796. The van der Waals surface area contributed by atoms with Crippen LogP contribution in [0.15, 0.2) is 18.2 Å². The van der Waals surface area contributed by atoms with Gasteiger partial charge in [0.1, 0.15) is 11.9 Å². The molecule has 1 aromatic carbocycles. The second-order valence-electron chi connectivity index (χ2n) is 7.65. The van der Waals surface area contributed by atoms with Crippen LogP contribution in [0.5, 0.6) is 0 Å². The van der Waals surface area contributed by atoms with Crippen molar-refractivity contribution in [1.29, 1.82) is 0 Å². The minimum Gasteiger partial charge on any atom is -0.442 e. The van der Waals surface area contributed by atoms with Gasteiger partial charge in [-0.3, -0.25) is 9.69 Å². The van der Waals surface area contributed by atoms with Gasteiger partial charge in [-0.05, 0) is 18.2 Å². The van der Waals surface area contributed by atoms with Crippen molar-refractivity contribution in [2.24, 2.45) is 5.92 Å². The number of benzene rings is 1. The molecule has 2 aliphatic rings. The number of anilines is 2. The number of thiocarbonyl (C=S) groups is 1. The van der Waals surface area contributed by atoms with E-state index < -0.39 is 11.9 Å². The van der Waals surface area contributed by atoms with Gasteiger partial charge in [0.25, 0.3) is 0 Å². The van der Waals surface area contributed by atoms with Crippen LogP contribution in [0, 0.1) is 11.7 Å². The summed E-state index contributed by atoms with van der Waals surface area (Å²) in [6.45, 7) is 8.58. The first-order valence-electron chi connectivity index (χ1n) is 9.82. The largest absolute Gasteiger partial charge is 0.442 e. The van der Waals surface area contributed by atoms with Gasteiger partial charge < -0.3 is 19.9 Å². The highest BCUT2D eigenvalue weighted by molar-refractivity contribution is 7.80. The van der Waals surface area contributed by atoms with Gasteiger partial charge in [-0.1, -0.05) is 26.1 Å². The maximum atomic E-state index is 14.8. The minimum absolute atomic E-state index is 0.0335. The Morgan fingerprint density at radius 1 is 1.31 bits per heavy atom. The SMILES string of the molecule is CC(=O)N1CCN(c2ccc(N3CC(CNC(=S)C(C)C)OC3=O)cc2F)CC1. The number of ether oxygens (including phenoxy) is 1. The number of nitrogens with zero attached hydrogens (tertiary/aromatic N) is 3. The van der Waals surface area contributed by atoms with E-state index in [0.29, 0.717) is 50.6 Å². The van der Waals surface area contributed by atoms with E-state index in [1.807, 2.05) is 18.7 Å². The number of cyclic esters (lactones) is 1. The molecule has 1 aromatic rings. The van der Waals surface area contributed by atoms with Gasteiger partial charge in [-0.2, -0.15) is 0 Å². The second-order valence-corrected chi connectivity index (χ2v) is 8.08. The normalized spacial score (nSPS) is 19.6. The van der Waals surface area contributed by atoms with E-state index in [1.54, 1.807) is 24.0 Å². The van der Waals surface area contributed by atoms with E-state index in [2.05, 4.69) is 5.32 Å². The number of halogens is 1. The molecule has 0 radical (unpaired) electrons. The summed E-state index contributed by atoms with van der Waals surface area (Å²) in [5.74, 6) is -0.141. The van der Waals surface area contributed by atoms with Crippen LogP contribution in [0.25, 0.3) is 0 Å². The molecular weight excluding hydrogens is 395 g/mol. The van der Waals surface area contributed by atoms with Crippen LogP contribution in [0.1, 0.15) is 20.8 Å². The number of piperazine rings is 1. The molecule has 2 saturated heterocycles. The quantitative estimate of drug-likeness (QED) is 0.735. The number of nitrogens with one attached hydrogen (secondary N) is 1. The molecule has 1 unspecified atom stereocenters. The molecule has 0 aromatic heterocycles. The van der Waals surface area contributed by atoms with E-state index >= 15 is 0 Å². The lowest BCUT2D eigenvalue weighted by Gasteiger charge is -2.35. The van der Waals surface area contributed by atoms with Gasteiger partial charge in [0.15, 0.2) is 0 Å². The highest BCUT2D eigenvalue weighted by atomic mass is 32.1. The van der Waals surface area contributed by atoms with E-state index in [1.165, 1.54) is 11.0 Å². The summed E-state index contributed by atoms with van der Waals surface area (Å²) < 4.78 is 20.2. The highest BCUT2D eigenvalue weighted by Gasteiger charge is 2.33. The topological polar surface area (TPSA) is 65.1 Å². The number of hydrogen-bond acceptors (Lipinski definition) is 5. The van der Waals surface area contributed by atoms with Crippen LogP contribution < -0.4 is 15.1 Å². The summed E-state index contributed by atoms with van der Waals surface area (Å²) in [7, 11) is 0. The van der Waals surface area contributed by atoms with Gasteiger partial charge in [0.05, 0.1) is 29.5 Å². The summed E-state index contributed by atoms with van der Waals surface area (Å²) in [5, 5.41) is 3.11. The van der Waals surface area contributed by atoms with E-state index in [4.69, 9.17) is 17.0 Å².